The van der Waals surface area contributed by atoms with Gasteiger partial charge >= 0.3 is 0 Å². The van der Waals surface area contributed by atoms with Crippen LogP contribution in [0.1, 0.15) is 35.7 Å². The molecule has 3 heterocycles. The largest absolute Gasteiger partial charge is 0.301 e. The Balaban J connectivity index is 1.51. The fourth-order valence-electron chi connectivity index (χ4n) is 5.67. The lowest BCUT2D eigenvalue weighted by molar-refractivity contribution is 0.583. The topological polar surface area (TPSA) is 32.3 Å². The Morgan fingerprint density at radius 2 is 1.45 bits per heavy atom. The minimum Gasteiger partial charge on any atom is -0.301 e. The molecule has 0 radical (unpaired) electrons. The van der Waals surface area contributed by atoms with Crippen molar-refractivity contribution in [2.45, 2.75) is 37.8 Å². The summed E-state index contributed by atoms with van der Waals surface area (Å²) in [5.41, 5.74) is 7.56. The smallest absolute Gasteiger partial charge is 0.178 e. The molecule has 0 N–H and O–H groups in total. The van der Waals surface area contributed by atoms with Crippen LogP contribution in [0.25, 0.3) is 0 Å². The highest BCUT2D eigenvalue weighted by Gasteiger charge is 2.61. The second kappa shape index (κ2) is 5.47. The third-order valence-corrected chi connectivity index (χ3v) is 7.04. The summed E-state index contributed by atoms with van der Waals surface area (Å²) in [7, 11) is 0. The first kappa shape index (κ1) is 15.7. The normalized spacial score (nSPS) is 25.7. The van der Waals surface area contributed by atoms with Crippen LogP contribution in [0.15, 0.2) is 66.7 Å². The molecule has 0 bridgehead atoms. The number of aryl methyl sites for hydroxylation is 2. The molecule has 3 atom stereocenters. The second-order valence-corrected chi connectivity index (χ2v) is 8.60. The van der Waals surface area contributed by atoms with E-state index in [-0.39, 0.29) is 6.17 Å². The molecule has 142 valence electrons. The summed E-state index contributed by atoms with van der Waals surface area (Å²) in [6.45, 7) is 4.44. The molecule has 2 aliphatic heterocycles. The van der Waals surface area contributed by atoms with Crippen molar-refractivity contribution in [1.82, 2.24) is 9.97 Å². The van der Waals surface area contributed by atoms with Gasteiger partial charge in [0.25, 0.3) is 0 Å². The highest BCUT2D eigenvalue weighted by molar-refractivity contribution is 5.88. The minimum absolute atomic E-state index is 0.170. The Hall–Kier alpha value is -3.14. The quantitative estimate of drug-likeness (QED) is 0.541. The first-order chi connectivity index (χ1) is 14.3. The first-order valence-electron chi connectivity index (χ1n) is 10.6. The van der Waals surface area contributed by atoms with Crippen LogP contribution < -0.4 is 9.80 Å². The van der Waals surface area contributed by atoms with Gasteiger partial charge < -0.3 is 9.80 Å². The van der Waals surface area contributed by atoms with E-state index in [1.54, 1.807) is 0 Å². The summed E-state index contributed by atoms with van der Waals surface area (Å²) in [5, 5.41) is 0. The zero-order chi connectivity index (χ0) is 19.1. The molecule has 3 aromatic rings. The van der Waals surface area contributed by atoms with E-state index < -0.39 is 0 Å². The molecular weight excluding hydrogens is 356 g/mol. The van der Waals surface area contributed by atoms with E-state index in [4.69, 9.17) is 9.97 Å². The Kier molecular flexibility index (Phi) is 2.97. The Morgan fingerprint density at radius 1 is 0.793 bits per heavy atom. The summed E-state index contributed by atoms with van der Waals surface area (Å²) in [5.74, 6) is 2.89. The first-order valence-corrected chi connectivity index (χ1v) is 10.6. The van der Waals surface area contributed by atoms with Crippen molar-refractivity contribution < 1.29 is 0 Å². The number of hydrogen-bond acceptors (Lipinski definition) is 4. The highest BCUT2D eigenvalue weighted by Crippen LogP contribution is 2.66. The Morgan fingerprint density at radius 3 is 2.21 bits per heavy atom. The van der Waals surface area contributed by atoms with Gasteiger partial charge in [-0.3, -0.25) is 0 Å². The van der Waals surface area contributed by atoms with Gasteiger partial charge in [-0.1, -0.05) is 48.6 Å². The molecular formula is C25H22N4. The number of hydrogen-bond donors (Lipinski definition) is 0. The SMILES string of the molecule is C=C1C2c3ccccc3N3c4nc5c(nc4N(c4ccccc4)C3C12)CCCC5. The molecule has 1 fully saturated rings. The molecule has 2 aromatic carbocycles. The average Bonchev–Trinajstić information content (AvgIpc) is 3.33. The van der Waals surface area contributed by atoms with Crippen LogP contribution >= 0.6 is 0 Å². The van der Waals surface area contributed by atoms with Crippen LogP contribution in [-0.4, -0.2) is 16.1 Å². The Labute approximate surface area is 170 Å². The van der Waals surface area contributed by atoms with Crippen molar-refractivity contribution >= 4 is 23.0 Å². The number of para-hydroxylation sites is 2. The minimum atomic E-state index is 0.170. The van der Waals surface area contributed by atoms with Crippen molar-refractivity contribution in [3.8, 4) is 0 Å². The van der Waals surface area contributed by atoms with Gasteiger partial charge in [0.15, 0.2) is 11.6 Å². The number of nitrogens with zero attached hydrogens (tertiary/aromatic N) is 4. The average molecular weight is 378 g/mol. The zero-order valence-corrected chi connectivity index (χ0v) is 16.3. The molecule has 2 aliphatic carbocycles. The molecule has 29 heavy (non-hydrogen) atoms. The molecule has 0 amide bonds. The fourth-order valence-corrected chi connectivity index (χ4v) is 5.67. The van der Waals surface area contributed by atoms with Crippen molar-refractivity contribution in [2.75, 3.05) is 9.80 Å². The maximum atomic E-state index is 5.22. The fraction of sp³-hybridized carbons (Fsp3) is 0.280. The molecule has 4 aliphatic rings. The number of benzene rings is 2. The number of fused-ring (bicyclic) bond motifs is 9. The van der Waals surface area contributed by atoms with Crippen molar-refractivity contribution in [3.05, 3.63) is 83.7 Å². The predicted molar refractivity (Wildman–Crippen MR) is 115 cm³/mol. The van der Waals surface area contributed by atoms with E-state index in [0.29, 0.717) is 11.8 Å². The standard InChI is InChI=1S/C25H22N4/c1-15-21-17-11-5-8-14-20(17)29-24-23(26-18-12-6-7-13-19(18)27-24)28(25(29)22(15)21)16-9-3-2-4-10-16/h2-5,8-11,14,21-22,25H,1,6-7,12-13H2. The van der Waals surface area contributed by atoms with Crippen LogP contribution in [0, 0.1) is 5.92 Å². The van der Waals surface area contributed by atoms with E-state index in [0.717, 1.165) is 24.5 Å². The van der Waals surface area contributed by atoms with Gasteiger partial charge in [-0.05, 0) is 49.4 Å². The molecule has 0 spiro atoms. The number of rotatable bonds is 1. The zero-order valence-electron chi connectivity index (χ0n) is 16.3. The van der Waals surface area contributed by atoms with Gasteiger partial charge in [-0.25, -0.2) is 9.97 Å². The van der Waals surface area contributed by atoms with Crippen LogP contribution in [0.2, 0.25) is 0 Å². The van der Waals surface area contributed by atoms with Crippen molar-refractivity contribution in [2.24, 2.45) is 5.92 Å². The summed E-state index contributed by atoms with van der Waals surface area (Å²) in [6, 6.07) is 19.5. The summed E-state index contributed by atoms with van der Waals surface area (Å²) in [6.07, 6.45) is 4.68. The Bertz CT molecular complexity index is 1170. The maximum Gasteiger partial charge on any atom is 0.178 e. The van der Waals surface area contributed by atoms with Crippen molar-refractivity contribution in [1.29, 1.82) is 0 Å². The van der Waals surface area contributed by atoms with Gasteiger partial charge in [0, 0.05) is 23.2 Å². The lowest BCUT2D eigenvalue weighted by Crippen LogP contribution is -2.43. The highest BCUT2D eigenvalue weighted by atomic mass is 15.5. The van der Waals surface area contributed by atoms with Crippen LogP contribution in [0.4, 0.5) is 23.0 Å². The summed E-state index contributed by atoms with van der Waals surface area (Å²) < 4.78 is 0. The molecule has 3 unspecified atom stereocenters. The molecule has 7 rings (SSSR count). The summed E-state index contributed by atoms with van der Waals surface area (Å²) in [4.78, 5) is 15.3. The molecule has 1 aromatic heterocycles. The lowest BCUT2D eigenvalue weighted by Gasteiger charge is -2.36. The van der Waals surface area contributed by atoms with E-state index in [2.05, 4.69) is 71.0 Å². The van der Waals surface area contributed by atoms with Gasteiger partial charge in [-0.2, -0.15) is 0 Å². The van der Waals surface area contributed by atoms with Gasteiger partial charge in [0.05, 0.1) is 11.4 Å². The number of aromatic nitrogens is 2. The van der Waals surface area contributed by atoms with Crippen molar-refractivity contribution in [3.63, 3.8) is 0 Å². The molecule has 1 saturated carbocycles. The van der Waals surface area contributed by atoms with Crippen LogP contribution in [-0.2, 0) is 12.8 Å². The molecule has 4 heteroatoms. The second-order valence-electron chi connectivity index (χ2n) is 8.60. The monoisotopic (exact) mass is 378 g/mol. The molecule has 0 saturated heterocycles. The van der Waals surface area contributed by atoms with E-state index in [1.165, 1.54) is 46.7 Å². The summed E-state index contributed by atoms with van der Waals surface area (Å²) >= 11 is 0. The third kappa shape index (κ3) is 1.99. The van der Waals surface area contributed by atoms with E-state index in [9.17, 15) is 0 Å². The third-order valence-electron chi connectivity index (χ3n) is 7.04. The number of anilines is 4. The van der Waals surface area contributed by atoms with Gasteiger partial charge in [0.1, 0.15) is 6.17 Å². The predicted octanol–water partition coefficient (Wildman–Crippen LogP) is 5.25. The van der Waals surface area contributed by atoms with Gasteiger partial charge in [0.2, 0.25) is 0 Å². The maximum absolute atomic E-state index is 5.22. The van der Waals surface area contributed by atoms with Crippen LogP contribution in [0.3, 0.4) is 0 Å². The van der Waals surface area contributed by atoms with Gasteiger partial charge in [-0.15, -0.1) is 0 Å². The molecule has 4 nitrogen and oxygen atoms in total. The lowest BCUT2D eigenvalue weighted by atomic mass is 9.99. The van der Waals surface area contributed by atoms with E-state index >= 15 is 0 Å². The van der Waals surface area contributed by atoms with Crippen LogP contribution in [0.5, 0.6) is 0 Å². The van der Waals surface area contributed by atoms with E-state index in [1.807, 2.05) is 0 Å².